The van der Waals surface area contributed by atoms with Crippen LogP contribution in [0.3, 0.4) is 0 Å². The Morgan fingerprint density at radius 1 is 1.58 bits per heavy atom. The van der Waals surface area contributed by atoms with E-state index in [0.717, 1.165) is 0 Å². The second-order valence-corrected chi connectivity index (χ2v) is 6.64. The third-order valence-corrected chi connectivity index (χ3v) is 4.54. The van der Waals surface area contributed by atoms with Crippen LogP contribution in [0.25, 0.3) is 0 Å². The molecule has 0 aliphatic rings. The van der Waals surface area contributed by atoms with Crippen LogP contribution in [0.5, 0.6) is 0 Å². The number of carbonyl (C=O) groups excluding carboxylic acids is 1. The highest BCUT2D eigenvalue weighted by molar-refractivity contribution is 9.10. The van der Waals surface area contributed by atoms with Gasteiger partial charge >= 0.3 is 0 Å². The van der Waals surface area contributed by atoms with Gasteiger partial charge in [-0.15, -0.1) is 0 Å². The zero-order valence-corrected chi connectivity index (χ0v) is 13.4. The minimum Gasteiger partial charge on any atom is -0.355 e. The smallest absolute Gasteiger partial charge is 0.244 e. The third-order valence-electron chi connectivity index (χ3n) is 2.14. The molecule has 19 heavy (non-hydrogen) atoms. The zero-order valence-electron chi connectivity index (χ0n) is 10.3. The van der Waals surface area contributed by atoms with Crippen molar-refractivity contribution in [3.63, 3.8) is 0 Å². The second-order valence-electron chi connectivity index (χ2n) is 3.68. The van der Waals surface area contributed by atoms with Crippen molar-refractivity contribution < 1.29 is 13.2 Å². The van der Waals surface area contributed by atoms with Gasteiger partial charge in [0.1, 0.15) is 10.0 Å². The Kier molecular flexibility index (Phi) is 5.72. The van der Waals surface area contributed by atoms with Crippen molar-refractivity contribution in [2.75, 3.05) is 6.54 Å². The summed E-state index contributed by atoms with van der Waals surface area (Å²) in [6.45, 7) is 3.61. The molecular formula is C10H13BrClN3O3S. The largest absolute Gasteiger partial charge is 0.355 e. The number of amides is 1. The van der Waals surface area contributed by atoms with E-state index in [-0.39, 0.29) is 10.0 Å². The minimum atomic E-state index is -3.91. The third kappa shape index (κ3) is 4.41. The molecule has 0 bridgehead atoms. The second kappa shape index (κ2) is 6.65. The van der Waals surface area contributed by atoms with Gasteiger partial charge in [-0.3, -0.25) is 4.79 Å². The van der Waals surface area contributed by atoms with Crippen molar-refractivity contribution in [3.05, 3.63) is 21.9 Å². The molecule has 1 heterocycles. The number of nitrogens with one attached hydrogen (secondary N) is 2. The van der Waals surface area contributed by atoms with Gasteiger partial charge in [0.2, 0.25) is 15.9 Å². The molecule has 106 valence electrons. The van der Waals surface area contributed by atoms with Crippen LogP contribution in [0, 0.1) is 0 Å². The topological polar surface area (TPSA) is 88.2 Å². The lowest BCUT2D eigenvalue weighted by atomic mass is 10.3. The molecule has 1 unspecified atom stereocenters. The van der Waals surface area contributed by atoms with Crippen LogP contribution in [0.4, 0.5) is 0 Å². The van der Waals surface area contributed by atoms with E-state index in [2.05, 4.69) is 31.0 Å². The maximum absolute atomic E-state index is 12.1. The van der Waals surface area contributed by atoms with Gasteiger partial charge in [-0.05, 0) is 35.8 Å². The first-order valence-electron chi connectivity index (χ1n) is 5.39. The summed E-state index contributed by atoms with van der Waals surface area (Å²) in [5, 5.41) is 2.37. The molecule has 0 fully saturated rings. The molecule has 6 nitrogen and oxygen atoms in total. The van der Waals surface area contributed by atoms with Gasteiger partial charge in [0.25, 0.3) is 0 Å². The highest BCUT2D eigenvalue weighted by Crippen LogP contribution is 2.22. The van der Waals surface area contributed by atoms with E-state index in [1.54, 1.807) is 6.92 Å². The van der Waals surface area contributed by atoms with Gasteiger partial charge in [-0.25, -0.2) is 13.4 Å². The van der Waals surface area contributed by atoms with Crippen LogP contribution in [-0.4, -0.2) is 31.9 Å². The number of pyridine rings is 1. The monoisotopic (exact) mass is 369 g/mol. The van der Waals surface area contributed by atoms with Crippen LogP contribution in [0.15, 0.2) is 21.6 Å². The van der Waals surface area contributed by atoms with Gasteiger partial charge in [0.15, 0.2) is 0 Å². The minimum absolute atomic E-state index is 0.154. The highest BCUT2D eigenvalue weighted by atomic mass is 79.9. The zero-order chi connectivity index (χ0) is 14.6. The van der Waals surface area contributed by atoms with E-state index in [1.165, 1.54) is 19.2 Å². The van der Waals surface area contributed by atoms with E-state index in [0.29, 0.717) is 11.0 Å². The van der Waals surface area contributed by atoms with E-state index < -0.39 is 22.0 Å². The molecule has 1 rings (SSSR count). The van der Waals surface area contributed by atoms with Crippen molar-refractivity contribution in [2.24, 2.45) is 0 Å². The highest BCUT2D eigenvalue weighted by Gasteiger charge is 2.24. The first-order chi connectivity index (χ1) is 8.77. The Bertz CT molecular complexity index is 579. The Balaban J connectivity index is 2.99. The van der Waals surface area contributed by atoms with Crippen LogP contribution < -0.4 is 10.0 Å². The predicted molar refractivity (Wildman–Crippen MR) is 75.4 cm³/mol. The molecule has 0 aromatic carbocycles. The van der Waals surface area contributed by atoms with Crippen LogP contribution in [0.2, 0.25) is 5.15 Å². The van der Waals surface area contributed by atoms with E-state index in [1.807, 2.05) is 0 Å². The number of likely N-dealkylation sites (N-methyl/N-ethyl adjacent to an activating group) is 1. The summed E-state index contributed by atoms with van der Waals surface area (Å²) in [7, 11) is -3.91. The number of sulfonamides is 1. The van der Waals surface area contributed by atoms with Crippen molar-refractivity contribution in [2.45, 2.75) is 24.8 Å². The van der Waals surface area contributed by atoms with Crippen molar-refractivity contribution >= 4 is 43.5 Å². The Labute approximate surface area is 125 Å². The van der Waals surface area contributed by atoms with Gasteiger partial charge < -0.3 is 5.32 Å². The van der Waals surface area contributed by atoms with Gasteiger partial charge in [-0.2, -0.15) is 4.72 Å². The van der Waals surface area contributed by atoms with E-state index in [9.17, 15) is 13.2 Å². The van der Waals surface area contributed by atoms with Gasteiger partial charge in [-0.1, -0.05) is 11.6 Å². The summed E-state index contributed by atoms with van der Waals surface area (Å²) in [6.07, 6.45) is 1.38. The lowest BCUT2D eigenvalue weighted by Gasteiger charge is -2.14. The lowest BCUT2D eigenvalue weighted by Crippen LogP contribution is -2.44. The average molecular weight is 371 g/mol. The Hall–Kier alpha value is -0.700. The van der Waals surface area contributed by atoms with Crippen molar-refractivity contribution in [1.82, 2.24) is 15.0 Å². The molecule has 1 amide bonds. The standard InChI is InChI=1S/C10H13BrClN3O3S/c1-3-13-10(16)6(2)15-19(17,18)8-4-7(11)5-14-9(8)12/h4-6,15H,3H2,1-2H3,(H,13,16). The summed E-state index contributed by atoms with van der Waals surface area (Å²) in [5.41, 5.74) is 0. The predicted octanol–water partition coefficient (Wildman–Crippen LogP) is 1.30. The van der Waals surface area contributed by atoms with Crippen molar-refractivity contribution in [3.8, 4) is 0 Å². The van der Waals surface area contributed by atoms with Crippen LogP contribution >= 0.6 is 27.5 Å². The van der Waals surface area contributed by atoms with Gasteiger partial charge in [0, 0.05) is 17.2 Å². The quantitative estimate of drug-likeness (QED) is 0.765. The molecule has 1 atom stereocenters. The first kappa shape index (κ1) is 16.4. The Morgan fingerprint density at radius 3 is 2.79 bits per heavy atom. The fraction of sp³-hybridized carbons (Fsp3) is 0.400. The van der Waals surface area contributed by atoms with E-state index in [4.69, 9.17) is 11.6 Å². The number of hydrogen-bond donors (Lipinski definition) is 2. The maximum Gasteiger partial charge on any atom is 0.244 e. The summed E-state index contributed by atoms with van der Waals surface area (Å²) in [5.74, 6) is -0.412. The molecule has 0 spiro atoms. The number of rotatable bonds is 5. The molecule has 0 radical (unpaired) electrons. The number of nitrogens with zero attached hydrogens (tertiary/aromatic N) is 1. The summed E-state index contributed by atoms with van der Waals surface area (Å²) >= 11 is 8.87. The average Bonchev–Trinajstić information content (AvgIpc) is 2.31. The fourth-order valence-corrected chi connectivity index (χ4v) is 3.42. The van der Waals surface area contributed by atoms with Gasteiger partial charge in [0.05, 0.1) is 6.04 Å². The summed E-state index contributed by atoms with van der Waals surface area (Å²) in [4.78, 5) is 15.1. The number of hydrogen-bond acceptors (Lipinski definition) is 4. The first-order valence-corrected chi connectivity index (χ1v) is 8.04. The summed E-state index contributed by atoms with van der Waals surface area (Å²) < 4.78 is 26.9. The van der Waals surface area contributed by atoms with E-state index >= 15 is 0 Å². The lowest BCUT2D eigenvalue weighted by molar-refractivity contribution is -0.122. The molecule has 1 aromatic rings. The molecular weight excluding hydrogens is 358 g/mol. The molecule has 0 aliphatic heterocycles. The number of aromatic nitrogens is 1. The fourth-order valence-electron chi connectivity index (χ4n) is 1.27. The van der Waals surface area contributed by atoms with Crippen molar-refractivity contribution in [1.29, 1.82) is 0 Å². The SMILES string of the molecule is CCNC(=O)C(C)NS(=O)(=O)c1cc(Br)cnc1Cl. The normalized spacial score (nSPS) is 13.1. The molecule has 0 saturated carbocycles. The molecule has 0 saturated heterocycles. The maximum atomic E-state index is 12.1. The van der Waals surface area contributed by atoms with Crippen LogP contribution in [0.1, 0.15) is 13.8 Å². The molecule has 9 heteroatoms. The van der Waals surface area contributed by atoms with Crippen LogP contribution in [-0.2, 0) is 14.8 Å². The molecule has 0 aliphatic carbocycles. The number of carbonyl (C=O) groups is 1. The number of halogens is 2. The molecule has 1 aromatic heterocycles. The Morgan fingerprint density at radius 2 is 2.21 bits per heavy atom. The summed E-state index contributed by atoms with van der Waals surface area (Å²) in [6, 6.07) is 0.419. The molecule has 2 N–H and O–H groups in total.